The van der Waals surface area contributed by atoms with Gasteiger partial charge in [0, 0.05) is 18.5 Å². The summed E-state index contributed by atoms with van der Waals surface area (Å²) in [7, 11) is 0. The van der Waals surface area contributed by atoms with Crippen molar-refractivity contribution in [2.45, 2.75) is 78.5 Å². The van der Waals surface area contributed by atoms with E-state index in [-0.39, 0.29) is 24.1 Å². The van der Waals surface area contributed by atoms with Gasteiger partial charge in [-0.3, -0.25) is 4.79 Å². The molecule has 0 aliphatic carbocycles. The molecule has 3 nitrogen and oxygen atoms in total. The maximum Gasteiger partial charge on any atom is 0.223 e. The standard InChI is InChI=1S/C13H27NO2/c1-6-7-12(15)8-9-13(16)14(10(2)3)11(4)5/h10-12,15H,6-9H2,1-5H3. The number of hydrogen-bond acceptors (Lipinski definition) is 2. The molecule has 0 heterocycles. The van der Waals surface area contributed by atoms with Crippen LogP contribution in [-0.4, -0.2) is 34.1 Å². The Morgan fingerprint density at radius 2 is 1.62 bits per heavy atom. The van der Waals surface area contributed by atoms with E-state index in [4.69, 9.17) is 0 Å². The predicted molar refractivity (Wildman–Crippen MR) is 67.3 cm³/mol. The maximum absolute atomic E-state index is 11.9. The molecule has 0 saturated heterocycles. The summed E-state index contributed by atoms with van der Waals surface area (Å²) in [6.07, 6.45) is 2.47. The Labute approximate surface area is 99.8 Å². The number of amides is 1. The molecule has 0 rings (SSSR count). The Balaban J connectivity index is 4.11. The highest BCUT2D eigenvalue weighted by atomic mass is 16.3. The lowest BCUT2D eigenvalue weighted by Crippen LogP contribution is -2.42. The molecule has 0 aromatic carbocycles. The van der Waals surface area contributed by atoms with E-state index < -0.39 is 0 Å². The van der Waals surface area contributed by atoms with Crippen molar-refractivity contribution in [1.82, 2.24) is 4.90 Å². The molecule has 0 aliphatic rings. The summed E-state index contributed by atoms with van der Waals surface area (Å²) in [5, 5.41) is 9.59. The Hall–Kier alpha value is -0.570. The quantitative estimate of drug-likeness (QED) is 0.729. The van der Waals surface area contributed by atoms with Crippen molar-refractivity contribution in [1.29, 1.82) is 0 Å². The minimum Gasteiger partial charge on any atom is -0.393 e. The van der Waals surface area contributed by atoms with Crippen LogP contribution in [-0.2, 0) is 4.79 Å². The third-order valence-corrected chi connectivity index (χ3v) is 2.71. The molecule has 0 aliphatic heterocycles. The average Bonchev–Trinajstić information content (AvgIpc) is 2.14. The van der Waals surface area contributed by atoms with E-state index >= 15 is 0 Å². The van der Waals surface area contributed by atoms with E-state index in [0.29, 0.717) is 12.8 Å². The van der Waals surface area contributed by atoms with Gasteiger partial charge in [-0.1, -0.05) is 13.3 Å². The van der Waals surface area contributed by atoms with Gasteiger partial charge in [-0.2, -0.15) is 0 Å². The van der Waals surface area contributed by atoms with Crippen LogP contribution >= 0.6 is 0 Å². The second-order valence-electron chi connectivity index (χ2n) is 4.97. The SMILES string of the molecule is CCCC(O)CCC(=O)N(C(C)C)C(C)C. The molecule has 3 heteroatoms. The zero-order valence-electron chi connectivity index (χ0n) is 11.4. The van der Waals surface area contributed by atoms with Gasteiger partial charge < -0.3 is 10.0 Å². The lowest BCUT2D eigenvalue weighted by Gasteiger charge is -2.31. The number of aliphatic hydroxyl groups is 1. The molecular formula is C13H27NO2. The normalized spacial score (nSPS) is 13.2. The monoisotopic (exact) mass is 229 g/mol. The van der Waals surface area contributed by atoms with Crippen LogP contribution in [0.15, 0.2) is 0 Å². The summed E-state index contributed by atoms with van der Waals surface area (Å²) < 4.78 is 0. The fourth-order valence-electron chi connectivity index (χ4n) is 2.07. The summed E-state index contributed by atoms with van der Waals surface area (Å²) in [4.78, 5) is 13.8. The van der Waals surface area contributed by atoms with Crippen molar-refractivity contribution < 1.29 is 9.90 Å². The molecule has 0 saturated carbocycles. The number of nitrogens with zero attached hydrogens (tertiary/aromatic N) is 1. The van der Waals surface area contributed by atoms with Crippen LogP contribution in [0.3, 0.4) is 0 Å². The van der Waals surface area contributed by atoms with Gasteiger partial charge in [0.15, 0.2) is 0 Å². The largest absolute Gasteiger partial charge is 0.393 e. The van der Waals surface area contributed by atoms with Gasteiger partial charge in [-0.15, -0.1) is 0 Å². The lowest BCUT2D eigenvalue weighted by atomic mass is 10.1. The molecule has 1 unspecified atom stereocenters. The maximum atomic E-state index is 11.9. The van der Waals surface area contributed by atoms with Crippen molar-refractivity contribution in [3.63, 3.8) is 0 Å². The van der Waals surface area contributed by atoms with Crippen molar-refractivity contribution in [3.05, 3.63) is 0 Å². The molecule has 0 spiro atoms. The molecule has 0 fully saturated rings. The van der Waals surface area contributed by atoms with Gasteiger partial charge in [-0.25, -0.2) is 0 Å². The van der Waals surface area contributed by atoms with Gasteiger partial charge in [0.2, 0.25) is 5.91 Å². The Kier molecular flexibility index (Phi) is 7.39. The molecule has 0 bridgehead atoms. The highest BCUT2D eigenvalue weighted by molar-refractivity contribution is 5.76. The molecular weight excluding hydrogens is 202 g/mol. The minimum atomic E-state index is -0.324. The third-order valence-electron chi connectivity index (χ3n) is 2.71. The van der Waals surface area contributed by atoms with E-state index in [2.05, 4.69) is 0 Å². The third kappa shape index (κ3) is 5.50. The van der Waals surface area contributed by atoms with Crippen LogP contribution in [0, 0.1) is 0 Å². The smallest absolute Gasteiger partial charge is 0.223 e. The van der Waals surface area contributed by atoms with Gasteiger partial charge in [0.1, 0.15) is 0 Å². The molecule has 0 aromatic heterocycles. The van der Waals surface area contributed by atoms with Gasteiger partial charge in [0.25, 0.3) is 0 Å². The summed E-state index contributed by atoms with van der Waals surface area (Å²) in [6.45, 7) is 10.2. The summed E-state index contributed by atoms with van der Waals surface area (Å²) in [5.41, 5.74) is 0. The van der Waals surface area contributed by atoms with Crippen LogP contribution in [0.5, 0.6) is 0 Å². The molecule has 0 radical (unpaired) electrons. The van der Waals surface area contributed by atoms with Crippen LogP contribution in [0.4, 0.5) is 0 Å². The van der Waals surface area contributed by atoms with Gasteiger partial charge in [0.05, 0.1) is 6.10 Å². The summed E-state index contributed by atoms with van der Waals surface area (Å²) >= 11 is 0. The van der Waals surface area contributed by atoms with E-state index in [1.807, 2.05) is 39.5 Å². The minimum absolute atomic E-state index is 0.153. The fourth-order valence-corrected chi connectivity index (χ4v) is 2.07. The van der Waals surface area contributed by atoms with E-state index in [1.165, 1.54) is 0 Å². The highest BCUT2D eigenvalue weighted by Gasteiger charge is 2.20. The Morgan fingerprint density at radius 3 is 2.00 bits per heavy atom. The van der Waals surface area contributed by atoms with E-state index in [9.17, 15) is 9.90 Å². The first-order chi connectivity index (χ1) is 7.40. The molecule has 96 valence electrons. The van der Waals surface area contributed by atoms with Crippen molar-refractivity contribution in [2.75, 3.05) is 0 Å². The number of aliphatic hydroxyl groups excluding tert-OH is 1. The zero-order chi connectivity index (χ0) is 12.7. The summed E-state index contributed by atoms with van der Waals surface area (Å²) in [6, 6.07) is 0.464. The van der Waals surface area contributed by atoms with E-state index in [1.54, 1.807) is 0 Å². The van der Waals surface area contributed by atoms with Crippen LogP contribution < -0.4 is 0 Å². The first kappa shape index (κ1) is 15.4. The number of rotatable bonds is 7. The van der Waals surface area contributed by atoms with Crippen molar-refractivity contribution >= 4 is 5.91 Å². The second kappa shape index (κ2) is 7.66. The number of carbonyl (C=O) groups excluding carboxylic acids is 1. The Bertz CT molecular complexity index is 194. The summed E-state index contributed by atoms with van der Waals surface area (Å²) in [5.74, 6) is 0.153. The van der Waals surface area contributed by atoms with Crippen molar-refractivity contribution in [3.8, 4) is 0 Å². The van der Waals surface area contributed by atoms with Crippen molar-refractivity contribution in [2.24, 2.45) is 0 Å². The number of hydrogen-bond donors (Lipinski definition) is 1. The highest BCUT2D eigenvalue weighted by Crippen LogP contribution is 2.11. The molecule has 0 aromatic rings. The second-order valence-corrected chi connectivity index (χ2v) is 4.97. The first-order valence-electron chi connectivity index (χ1n) is 6.39. The van der Waals surface area contributed by atoms with Crippen LogP contribution in [0.25, 0.3) is 0 Å². The topological polar surface area (TPSA) is 40.5 Å². The molecule has 1 atom stereocenters. The lowest BCUT2D eigenvalue weighted by molar-refractivity contribution is -0.135. The predicted octanol–water partition coefficient (Wildman–Crippen LogP) is 2.57. The molecule has 1 N–H and O–H groups in total. The fraction of sp³-hybridized carbons (Fsp3) is 0.923. The first-order valence-corrected chi connectivity index (χ1v) is 6.39. The zero-order valence-corrected chi connectivity index (χ0v) is 11.4. The van der Waals surface area contributed by atoms with Crippen LogP contribution in [0.2, 0.25) is 0 Å². The van der Waals surface area contributed by atoms with Gasteiger partial charge >= 0.3 is 0 Å². The van der Waals surface area contributed by atoms with E-state index in [0.717, 1.165) is 12.8 Å². The van der Waals surface area contributed by atoms with Crippen LogP contribution in [0.1, 0.15) is 60.3 Å². The molecule has 1 amide bonds. The average molecular weight is 229 g/mol. The number of carbonyl (C=O) groups is 1. The molecule has 16 heavy (non-hydrogen) atoms. The van der Waals surface area contributed by atoms with Gasteiger partial charge in [-0.05, 0) is 40.5 Å². The Morgan fingerprint density at radius 1 is 1.12 bits per heavy atom.